The van der Waals surface area contributed by atoms with Gasteiger partial charge in [-0.3, -0.25) is 24.0 Å². The van der Waals surface area contributed by atoms with Crippen LogP contribution in [0.5, 0.6) is 0 Å². The van der Waals surface area contributed by atoms with Gasteiger partial charge in [-0.05, 0) is 6.26 Å². The first kappa shape index (κ1) is 25.7. The highest BCUT2D eigenvalue weighted by Crippen LogP contribution is 2.37. The summed E-state index contributed by atoms with van der Waals surface area (Å²) in [4.78, 5) is 58.9. The first-order valence-electron chi connectivity index (χ1n) is 8.70. The minimum absolute atomic E-state index is 0.133. The molecule has 0 aromatic rings. The Kier molecular flexibility index (Phi) is 9.52. The van der Waals surface area contributed by atoms with Gasteiger partial charge in [-0.15, -0.1) is 11.8 Å². The molecule has 0 radical (unpaired) electrons. The number of primary amides is 1. The SMILES string of the molecule is CSCO[C@]1(C(N)=O)O[C@H](COC(C)=O)[C@@H](OC(C)=O)[C@H](OC(C)=O)[C@H]1OC(C)=O. The highest BCUT2D eigenvalue weighted by Gasteiger charge is 2.64. The normalized spacial score (nSPS) is 28.2. The molecular weight excluding hydrogens is 426 g/mol. The van der Waals surface area contributed by atoms with E-state index < -0.39 is 66.6 Å². The van der Waals surface area contributed by atoms with Gasteiger partial charge in [-0.1, -0.05) is 0 Å². The van der Waals surface area contributed by atoms with E-state index in [1.54, 1.807) is 6.26 Å². The van der Waals surface area contributed by atoms with Crippen molar-refractivity contribution in [1.82, 2.24) is 0 Å². The van der Waals surface area contributed by atoms with Crippen LogP contribution in [0.2, 0.25) is 0 Å². The summed E-state index contributed by atoms with van der Waals surface area (Å²) in [6.45, 7) is 3.79. The van der Waals surface area contributed by atoms with Gasteiger partial charge in [0.2, 0.25) is 6.10 Å². The van der Waals surface area contributed by atoms with Crippen molar-refractivity contribution >= 4 is 41.5 Å². The van der Waals surface area contributed by atoms with E-state index in [1.165, 1.54) is 0 Å². The second-order valence-electron chi connectivity index (χ2n) is 6.22. The zero-order valence-corrected chi connectivity index (χ0v) is 18.0. The lowest BCUT2D eigenvalue weighted by molar-refractivity contribution is -0.343. The molecule has 1 heterocycles. The van der Waals surface area contributed by atoms with Gasteiger partial charge in [-0.25, -0.2) is 0 Å². The van der Waals surface area contributed by atoms with Crippen LogP contribution in [0.25, 0.3) is 0 Å². The van der Waals surface area contributed by atoms with Crippen LogP contribution in [0, 0.1) is 0 Å². The average Bonchev–Trinajstić information content (AvgIpc) is 2.61. The average molecular weight is 451 g/mol. The standard InChI is InChI=1S/C17H25NO11S/c1-8(19)24-6-12-13(26-9(2)20)14(27-10(3)21)15(28-11(4)22)17(29-12,16(18)23)25-7-30-5/h12-15H,6-7H2,1-5H3,(H2,18,23)/t12-,13-,14+,15-,17+/m1/s1. The molecule has 0 aromatic heterocycles. The van der Waals surface area contributed by atoms with Crippen molar-refractivity contribution in [3.8, 4) is 0 Å². The number of amides is 1. The molecule has 1 fully saturated rings. The fourth-order valence-electron chi connectivity index (χ4n) is 2.80. The smallest absolute Gasteiger partial charge is 0.303 e. The summed E-state index contributed by atoms with van der Waals surface area (Å²) >= 11 is 1.15. The fourth-order valence-corrected chi connectivity index (χ4v) is 3.09. The molecule has 1 aliphatic heterocycles. The number of hydrogen-bond donors (Lipinski definition) is 1. The number of rotatable bonds is 9. The Bertz CT molecular complexity index is 685. The predicted octanol–water partition coefficient (Wildman–Crippen LogP) is -0.738. The van der Waals surface area contributed by atoms with Crippen LogP contribution in [0.1, 0.15) is 27.7 Å². The molecule has 0 aromatic carbocycles. The Morgan fingerprint density at radius 3 is 1.87 bits per heavy atom. The molecule has 170 valence electrons. The van der Waals surface area contributed by atoms with Gasteiger partial charge in [0, 0.05) is 27.7 Å². The maximum atomic E-state index is 12.4. The maximum absolute atomic E-state index is 12.4. The molecule has 0 spiro atoms. The van der Waals surface area contributed by atoms with Crippen LogP contribution in [-0.2, 0) is 52.4 Å². The van der Waals surface area contributed by atoms with Gasteiger partial charge in [0.1, 0.15) is 12.7 Å². The molecule has 0 bridgehead atoms. The molecule has 0 unspecified atom stereocenters. The van der Waals surface area contributed by atoms with Gasteiger partial charge in [-0.2, -0.15) is 0 Å². The Morgan fingerprint density at radius 1 is 0.900 bits per heavy atom. The number of carbonyl (C=O) groups excluding carboxylic acids is 5. The van der Waals surface area contributed by atoms with Gasteiger partial charge in [0.15, 0.2) is 12.2 Å². The number of esters is 4. The minimum atomic E-state index is -2.42. The van der Waals surface area contributed by atoms with Crippen LogP contribution < -0.4 is 5.73 Å². The third-order valence-electron chi connectivity index (χ3n) is 3.77. The quantitative estimate of drug-likeness (QED) is 0.265. The van der Waals surface area contributed by atoms with Crippen LogP contribution in [0.15, 0.2) is 0 Å². The van der Waals surface area contributed by atoms with Gasteiger partial charge >= 0.3 is 23.9 Å². The van der Waals surface area contributed by atoms with E-state index in [0.717, 1.165) is 39.5 Å². The summed E-state index contributed by atoms with van der Waals surface area (Å²) in [7, 11) is 0. The lowest BCUT2D eigenvalue weighted by atomic mass is 9.91. The number of hydrogen-bond acceptors (Lipinski definition) is 12. The third kappa shape index (κ3) is 6.57. The molecule has 0 saturated carbocycles. The molecule has 1 amide bonds. The summed E-state index contributed by atoms with van der Waals surface area (Å²) in [6, 6.07) is 0. The summed E-state index contributed by atoms with van der Waals surface area (Å²) in [5, 5.41) is 0. The van der Waals surface area contributed by atoms with Crippen LogP contribution in [-0.4, -0.2) is 78.8 Å². The van der Waals surface area contributed by atoms with Crippen LogP contribution in [0.4, 0.5) is 0 Å². The molecule has 2 N–H and O–H groups in total. The number of carbonyl (C=O) groups is 5. The van der Waals surface area contributed by atoms with Crippen molar-refractivity contribution in [3.63, 3.8) is 0 Å². The van der Waals surface area contributed by atoms with E-state index in [-0.39, 0.29) is 5.94 Å². The Labute approximate surface area is 177 Å². The van der Waals surface area contributed by atoms with Crippen molar-refractivity contribution in [2.24, 2.45) is 5.73 Å². The monoisotopic (exact) mass is 451 g/mol. The van der Waals surface area contributed by atoms with Crippen molar-refractivity contribution in [2.45, 2.75) is 57.9 Å². The third-order valence-corrected chi connectivity index (χ3v) is 4.13. The number of ether oxygens (including phenoxy) is 6. The summed E-state index contributed by atoms with van der Waals surface area (Å²) in [6.07, 6.45) is -4.39. The Hall–Kier alpha value is -2.38. The predicted molar refractivity (Wildman–Crippen MR) is 99.6 cm³/mol. The summed E-state index contributed by atoms with van der Waals surface area (Å²) < 4.78 is 31.8. The van der Waals surface area contributed by atoms with E-state index in [1.807, 2.05) is 0 Å². The molecule has 5 atom stereocenters. The fraction of sp³-hybridized carbons (Fsp3) is 0.706. The molecule has 30 heavy (non-hydrogen) atoms. The molecular formula is C17H25NO11S. The molecule has 1 rings (SSSR count). The van der Waals surface area contributed by atoms with Crippen LogP contribution >= 0.6 is 11.8 Å². The Balaban J connectivity index is 3.59. The topological polar surface area (TPSA) is 167 Å². The number of nitrogens with two attached hydrogens (primary N) is 1. The molecule has 1 aliphatic rings. The van der Waals surface area contributed by atoms with Gasteiger partial charge < -0.3 is 34.2 Å². The molecule has 1 saturated heterocycles. The van der Waals surface area contributed by atoms with Gasteiger partial charge in [0.05, 0.1) is 5.94 Å². The van der Waals surface area contributed by atoms with Crippen molar-refractivity contribution in [1.29, 1.82) is 0 Å². The molecule has 13 heteroatoms. The highest BCUT2D eigenvalue weighted by atomic mass is 32.2. The first-order valence-corrected chi connectivity index (χ1v) is 10.1. The van der Waals surface area contributed by atoms with Crippen molar-refractivity contribution in [2.75, 3.05) is 18.8 Å². The lowest BCUT2D eigenvalue weighted by Gasteiger charge is -2.48. The summed E-state index contributed by atoms with van der Waals surface area (Å²) in [5.74, 6) is -6.96. The van der Waals surface area contributed by atoms with E-state index in [2.05, 4.69) is 0 Å². The first-order chi connectivity index (χ1) is 13.9. The second-order valence-corrected chi connectivity index (χ2v) is 7.03. The highest BCUT2D eigenvalue weighted by molar-refractivity contribution is 7.98. The van der Waals surface area contributed by atoms with E-state index >= 15 is 0 Å². The summed E-state index contributed by atoms with van der Waals surface area (Å²) in [5.41, 5.74) is 5.52. The van der Waals surface area contributed by atoms with E-state index in [9.17, 15) is 24.0 Å². The van der Waals surface area contributed by atoms with Crippen molar-refractivity contribution in [3.05, 3.63) is 0 Å². The van der Waals surface area contributed by atoms with Crippen LogP contribution in [0.3, 0.4) is 0 Å². The molecule has 12 nitrogen and oxygen atoms in total. The Morgan fingerprint density at radius 2 is 1.43 bits per heavy atom. The zero-order valence-electron chi connectivity index (χ0n) is 17.2. The van der Waals surface area contributed by atoms with Crippen molar-refractivity contribution < 1.29 is 52.4 Å². The molecule has 0 aliphatic carbocycles. The maximum Gasteiger partial charge on any atom is 0.303 e. The minimum Gasteiger partial charge on any atom is -0.463 e. The zero-order chi connectivity index (χ0) is 23.1. The number of thioether (sulfide) groups is 1. The largest absolute Gasteiger partial charge is 0.463 e. The second kappa shape index (κ2) is 11.1. The lowest BCUT2D eigenvalue weighted by Crippen LogP contribution is -2.72. The van der Waals surface area contributed by atoms with Gasteiger partial charge in [0.25, 0.3) is 11.7 Å². The van der Waals surface area contributed by atoms with E-state index in [0.29, 0.717) is 0 Å². The van der Waals surface area contributed by atoms with E-state index in [4.69, 9.17) is 34.2 Å².